The maximum Gasteiger partial charge on any atom is 0.133 e. The molecule has 0 bridgehead atoms. The highest BCUT2D eigenvalue weighted by Crippen LogP contribution is 2.34. The third-order valence-corrected chi connectivity index (χ3v) is 5.13. The number of hydrogen-bond acceptors (Lipinski definition) is 1. The van der Waals surface area contributed by atoms with Crippen LogP contribution in [0.25, 0.3) is 0 Å². The molecule has 1 radical (unpaired) electrons. The molecule has 0 atom stereocenters. The fourth-order valence-electron chi connectivity index (χ4n) is 1.56. The van der Waals surface area contributed by atoms with Crippen LogP contribution in [0.4, 0.5) is 0 Å². The highest BCUT2D eigenvalue weighted by atomic mass is 79.9. The predicted molar refractivity (Wildman–Crippen MR) is 71.6 cm³/mol. The van der Waals surface area contributed by atoms with Gasteiger partial charge in [0, 0.05) is 5.56 Å². The summed E-state index contributed by atoms with van der Waals surface area (Å²) in [5, 5.41) is 11.4. The van der Waals surface area contributed by atoms with E-state index < -0.39 is 8.80 Å². The summed E-state index contributed by atoms with van der Waals surface area (Å²) in [6.45, 7) is 10.8. The van der Waals surface area contributed by atoms with Crippen molar-refractivity contribution in [2.24, 2.45) is 0 Å². The molecule has 1 aromatic carbocycles. The monoisotopic (exact) mass is 285 g/mol. The lowest BCUT2D eigenvalue weighted by Gasteiger charge is -2.22. The summed E-state index contributed by atoms with van der Waals surface area (Å²) >= 11 is 3.50. The molecule has 0 unspecified atom stereocenters. The van der Waals surface area contributed by atoms with Crippen molar-refractivity contribution in [2.45, 2.75) is 39.3 Å². The molecule has 1 rings (SSSR count). The van der Waals surface area contributed by atoms with Crippen LogP contribution in [0.1, 0.15) is 26.3 Å². The average molecular weight is 286 g/mol. The Morgan fingerprint density at radius 3 is 2.13 bits per heavy atom. The third-order valence-electron chi connectivity index (χ3n) is 2.46. The van der Waals surface area contributed by atoms with E-state index in [4.69, 9.17) is 0 Å². The van der Waals surface area contributed by atoms with E-state index in [0.717, 1.165) is 10.0 Å². The molecule has 0 aliphatic rings. The lowest BCUT2D eigenvalue weighted by atomic mass is 9.86. The summed E-state index contributed by atoms with van der Waals surface area (Å²) in [6, 6.07) is 4.19. The lowest BCUT2D eigenvalue weighted by molar-refractivity contribution is 0.444. The number of benzene rings is 1. The van der Waals surface area contributed by atoms with Crippen molar-refractivity contribution in [1.82, 2.24) is 0 Å². The summed E-state index contributed by atoms with van der Waals surface area (Å²) in [6.07, 6.45) is 0. The zero-order valence-electron chi connectivity index (χ0n) is 9.98. The van der Waals surface area contributed by atoms with Gasteiger partial charge in [0.15, 0.2) is 0 Å². The lowest BCUT2D eigenvalue weighted by Crippen LogP contribution is -2.25. The molecule has 0 aliphatic carbocycles. The Labute approximate surface area is 102 Å². The van der Waals surface area contributed by atoms with E-state index in [-0.39, 0.29) is 5.41 Å². The van der Waals surface area contributed by atoms with Crippen LogP contribution in [0.3, 0.4) is 0 Å². The number of phenolic OH excluding ortho intramolecular Hbond substituents is 1. The maximum atomic E-state index is 10.1. The topological polar surface area (TPSA) is 20.2 Å². The minimum atomic E-state index is -0.533. The van der Waals surface area contributed by atoms with Gasteiger partial charge in [-0.1, -0.05) is 46.0 Å². The van der Waals surface area contributed by atoms with Crippen LogP contribution in [0, 0.1) is 0 Å². The fraction of sp³-hybridized carbons (Fsp3) is 0.500. The highest BCUT2D eigenvalue weighted by molar-refractivity contribution is 9.10. The summed E-state index contributed by atoms with van der Waals surface area (Å²) in [7, 11) is -0.533. The van der Waals surface area contributed by atoms with Gasteiger partial charge >= 0.3 is 0 Å². The van der Waals surface area contributed by atoms with Crippen molar-refractivity contribution in [3.8, 4) is 5.75 Å². The van der Waals surface area contributed by atoms with Gasteiger partial charge in [0.05, 0.1) is 13.3 Å². The molecule has 0 aliphatic heterocycles. The third kappa shape index (κ3) is 2.64. The molecule has 0 saturated heterocycles. The summed E-state index contributed by atoms with van der Waals surface area (Å²) in [4.78, 5) is 0. The smallest absolute Gasteiger partial charge is 0.133 e. The van der Waals surface area contributed by atoms with Gasteiger partial charge in [-0.2, -0.15) is 0 Å². The van der Waals surface area contributed by atoms with Crippen molar-refractivity contribution < 1.29 is 5.11 Å². The number of halogens is 1. The number of rotatable bonds is 1. The zero-order chi connectivity index (χ0) is 11.8. The highest BCUT2D eigenvalue weighted by Gasteiger charge is 2.21. The van der Waals surface area contributed by atoms with Gasteiger partial charge in [0.2, 0.25) is 0 Å². The van der Waals surface area contributed by atoms with Crippen molar-refractivity contribution >= 4 is 29.9 Å². The standard InChI is InChI=1S/C12H18BrOSi/c1-12(2,3)8-6-7-9(15(4)5)10(13)11(8)14/h6-7,14H,1-5H3. The van der Waals surface area contributed by atoms with Gasteiger partial charge in [-0.05, 0) is 26.5 Å². The first-order chi connectivity index (χ1) is 6.75. The van der Waals surface area contributed by atoms with E-state index in [1.54, 1.807) is 0 Å². The van der Waals surface area contributed by atoms with Crippen molar-refractivity contribution in [3.05, 3.63) is 22.2 Å². The largest absolute Gasteiger partial charge is 0.506 e. The van der Waals surface area contributed by atoms with Crippen molar-refractivity contribution in [2.75, 3.05) is 0 Å². The van der Waals surface area contributed by atoms with Gasteiger partial charge < -0.3 is 5.11 Å². The van der Waals surface area contributed by atoms with Gasteiger partial charge in [-0.15, -0.1) is 0 Å². The molecule has 1 N–H and O–H groups in total. The van der Waals surface area contributed by atoms with E-state index in [0.29, 0.717) is 5.75 Å². The molecule has 0 amide bonds. The molecule has 1 aromatic rings. The van der Waals surface area contributed by atoms with Crippen molar-refractivity contribution in [1.29, 1.82) is 0 Å². The van der Waals surface area contributed by atoms with E-state index in [2.05, 4.69) is 55.9 Å². The predicted octanol–water partition coefficient (Wildman–Crippen LogP) is 3.41. The molecule has 1 nitrogen and oxygen atoms in total. The van der Waals surface area contributed by atoms with Gasteiger partial charge in [-0.3, -0.25) is 0 Å². The SMILES string of the molecule is C[Si](C)c1ccc(C(C)(C)C)c(O)c1Br. The van der Waals surface area contributed by atoms with Gasteiger partial charge in [-0.25, -0.2) is 0 Å². The van der Waals surface area contributed by atoms with Crippen LogP contribution in [0.15, 0.2) is 16.6 Å². The molecule has 0 fully saturated rings. The van der Waals surface area contributed by atoms with Crippen LogP contribution in [0.5, 0.6) is 5.75 Å². The van der Waals surface area contributed by atoms with Crippen molar-refractivity contribution in [3.63, 3.8) is 0 Å². The zero-order valence-corrected chi connectivity index (χ0v) is 12.6. The molecule has 83 valence electrons. The second-order valence-electron chi connectivity index (χ2n) is 5.07. The first kappa shape index (κ1) is 12.8. The fourth-order valence-corrected chi connectivity index (χ4v) is 4.07. The summed E-state index contributed by atoms with van der Waals surface area (Å²) < 4.78 is 0.883. The van der Waals surface area contributed by atoms with Gasteiger partial charge in [0.1, 0.15) is 5.75 Å². The quantitative estimate of drug-likeness (QED) is 0.784. The molecule has 3 heteroatoms. The Bertz CT molecular complexity index is 367. The van der Waals surface area contributed by atoms with E-state index in [1.165, 1.54) is 5.19 Å². The van der Waals surface area contributed by atoms with Crippen LogP contribution in [0.2, 0.25) is 13.1 Å². The molecule has 15 heavy (non-hydrogen) atoms. The molecule has 0 spiro atoms. The average Bonchev–Trinajstić information content (AvgIpc) is 2.06. The Hall–Kier alpha value is -0.283. The molecule has 0 aromatic heterocycles. The van der Waals surface area contributed by atoms with Gasteiger partial charge in [0.25, 0.3) is 0 Å². The van der Waals surface area contributed by atoms with E-state index in [9.17, 15) is 5.11 Å². The minimum Gasteiger partial charge on any atom is -0.506 e. The van der Waals surface area contributed by atoms with Crippen LogP contribution >= 0.6 is 15.9 Å². The summed E-state index contributed by atoms with van der Waals surface area (Å²) in [5.74, 6) is 0.409. The molecular formula is C12H18BrOSi. The van der Waals surface area contributed by atoms with Crippen LogP contribution in [-0.4, -0.2) is 13.9 Å². The number of aromatic hydroxyl groups is 1. The first-order valence-electron chi connectivity index (χ1n) is 5.07. The Balaban J connectivity index is 3.34. The normalized spacial score (nSPS) is 12.2. The Kier molecular flexibility index (Phi) is 3.66. The van der Waals surface area contributed by atoms with E-state index >= 15 is 0 Å². The number of phenols is 1. The second-order valence-corrected chi connectivity index (χ2v) is 8.40. The van der Waals surface area contributed by atoms with Crippen LogP contribution < -0.4 is 5.19 Å². The first-order valence-corrected chi connectivity index (χ1v) is 8.37. The second kappa shape index (κ2) is 4.30. The number of hydrogen-bond donors (Lipinski definition) is 1. The Morgan fingerprint density at radius 1 is 1.20 bits per heavy atom. The summed E-state index contributed by atoms with van der Waals surface area (Å²) in [5.41, 5.74) is 0.987. The maximum absolute atomic E-state index is 10.1. The minimum absolute atomic E-state index is 0.0144. The molecular weight excluding hydrogens is 268 g/mol. The molecule has 0 saturated carbocycles. The van der Waals surface area contributed by atoms with Crippen LogP contribution in [-0.2, 0) is 5.41 Å². The molecule has 0 heterocycles. The van der Waals surface area contributed by atoms with E-state index in [1.807, 2.05) is 6.07 Å². The Morgan fingerprint density at radius 2 is 1.73 bits per heavy atom.